The van der Waals surface area contributed by atoms with Crippen LogP contribution >= 0.6 is 11.6 Å². The van der Waals surface area contributed by atoms with E-state index in [4.69, 9.17) is 22.4 Å². The van der Waals surface area contributed by atoms with E-state index in [-0.39, 0.29) is 6.54 Å². The zero-order valence-electron chi connectivity index (χ0n) is 10.5. The minimum atomic E-state index is -1.44. The molecule has 1 rings (SSSR count). The van der Waals surface area contributed by atoms with Gasteiger partial charge in [-0.3, -0.25) is 0 Å². The van der Waals surface area contributed by atoms with Crippen LogP contribution in [0.15, 0.2) is 12.1 Å². The van der Waals surface area contributed by atoms with Gasteiger partial charge in [0.25, 0.3) is 0 Å². The van der Waals surface area contributed by atoms with Crippen LogP contribution in [-0.2, 0) is 0 Å². The van der Waals surface area contributed by atoms with E-state index in [1.165, 1.54) is 0 Å². The summed E-state index contributed by atoms with van der Waals surface area (Å²) in [7, 11) is 0. The number of nitrogens with two attached hydrogens (primary N) is 1. The van der Waals surface area contributed by atoms with Gasteiger partial charge in [0.2, 0.25) is 0 Å². The third kappa shape index (κ3) is 4.22. The van der Waals surface area contributed by atoms with E-state index in [9.17, 15) is 15.3 Å². The van der Waals surface area contributed by atoms with E-state index in [1.807, 2.05) is 6.92 Å². The number of aliphatic hydroxyl groups is 4. The van der Waals surface area contributed by atoms with Gasteiger partial charge < -0.3 is 31.5 Å². The number of rotatable bonds is 6. The molecule has 0 radical (unpaired) electrons. The quantitative estimate of drug-likeness (QED) is 0.401. The molecule has 1 aromatic carbocycles. The zero-order chi connectivity index (χ0) is 14.6. The maximum Gasteiger partial charge on any atom is 0.110 e. The summed E-state index contributed by atoms with van der Waals surface area (Å²) in [6.07, 6.45) is -4.09. The predicted molar refractivity (Wildman–Crippen MR) is 74.2 cm³/mol. The van der Waals surface area contributed by atoms with Gasteiger partial charge in [0, 0.05) is 11.6 Å². The maximum atomic E-state index is 9.64. The van der Waals surface area contributed by atoms with Crippen molar-refractivity contribution in [3.8, 4) is 0 Å². The summed E-state index contributed by atoms with van der Waals surface area (Å²) in [5, 5.41) is 40.3. The molecule has 7 heteroatoms. The van der Waals surface area contributed by atoms with Gasteiger partial charge in [-0.05, 0) is 24.6 Å². The average Bonchev–Trinajstić information content (AvgIpc) is 2.39. The molecular weight excluding hydrogens is 272 g/mol. The monoisotopic (exact) mass is 290 g/mol. The van der Waals surface area contributed by atoms with Gasteiger partial charge >= 0.3 is 0 Å². The zero-order valence-corrected chi connectivity index (χ0v) is 11.3. The van der Waals surface area contributed by atoms with Crippen molar-refractivity contribution >= 4 is 23.0 Å². The average molecular weight is 291 g/mol. The number of aliphatic hydroxyl groups excluding tert-OH is 4. The Kier molecular flexibility index (Phi) is 5.84. The Labute approximate surface area is 116 Å². The van der Waals surface area contributed by atoms with Crippen LogP contribution in [0.1, 0.15) is 5.56 Å². The van der Waals surface area contributed by atoms with Crippen LogP contribution in [0.25, 0.3) is 0 Å². The van der Waals surface area contributed by atoms with Gasteiger partial charge in [0.15, 0.2) is 0 Å². The lowest BCUT2D eigenvalue weighted by molar-refractivity contribution is -0.0715. The molecule has 0 fully saturated rings. The van der Waals surface area contributed by atoms with Crippen molar-refractivity contribution in [3.05, 3.63) is 22.7 Å². The predicted octanol–water partition coefficient (Wildman–Crippen LogP) is -0.282. The highest BCUT2D eigenvalue weighted by atomic mass is 35.5. The lowest BCUT2D eigenvalue weighted by Gasteiger charge is -2.22. The van der Waals surface area contributed by atoms with Crippen molar-refractivity contribution in [2.24, 2.45) is 0 Å². The Morgan fingerprint density at radius 3 is 2.47 bits per heavy atom. The molecule has 0 aliphatic carbocycles. The van der Waals surface area contributed by atoms with Gasteiger partial charge in [-0.1, -0.05) is 11.6 Å². The van der Waals surface area contributed by atoms with Crippen molar-refractivity contribution in [2.75, 3.05) is 24.2 Å². The van der Waals surface area contributed by atoms with E-state index >= 15 is 0 Å². The summed E-state index contributed by atoms with van der Waals surface area (Å²) in [6.45, 7) is 1.15. The molecule has 19 heavy (non-hydrogen) atoms. The third-order valence-electron chi connectivity index (χ3n) is 2.81. The van der Waals surface area contributed by atoms with E-state index in [0.717, 1.165) is 5.56 Å². The topological polar surface area (TPSA) is 119 Å². The molecule has 0 amide bonds. The summed E-state index contributed by atoms with van der Waals surface area (Å²) < 4.78 is 0. The SMILES string of the molecule is Cc1cc(N)c(NC[C@H](O)C(O)[C@H](O)CO)cc1Cl. The lowest BCUT2D eigenvalue weighted by atomic mass is 10.1. The molecule has 0 saturated carbocycles. The van der Waals surface area contributed by atoms with Crippen LogP contribution in [0.5, 0.6) is 0 Å². The van der Waals surface area contributed by atoms with Crippen LogP contribution in [-0.4, -0.2) is 51.9 Å². The Hall–Kier alpha value is -1.05. The minimum Gasteiger partial charge on any atom is -0.397 e. The molecule has 0 aliphatic rings. The molecule has 0 bridgehead atoms. The van der Waals surface area contributed by atoms with E-state index in [0.29, 0.717) is 16.4 Å². The van der Waals surface area contributed by atoms with Crippen LogP contribution in [0, 0.1) is 6.92 Å². The summed E-state index contributed by atoms with van der Waals surface area (Å²) in [4.78, 5) is 0. The van der Waals surface area contributed by atoms with Crippen LogP contribution in [0.2, 0.25) is 5.02 Å². The van der Waals surface area contributed by atoms with Crippen LogP contribution < -0.4 is 11.1 Å². The summed E-state index contributed by atoms with van der Waals surface area (Å²) in [5.41, 5.74) is 7.61. The molecule has 3 atom stereocenters. The first-order valence-electron chi connectivity index (χ1n) is 5.81. The number of aryl methyl sites for hydroxylation is 1. The Morgan fingerprint density at radius 1 is 1.26 bits per heavy atom. The van der Waals surface area contributed by atoms with Gasteiger partial charge in [0.1, 0.15) is 12.2 Å². The number of benzene rings is 1. The number of nitrogen functional groups attached to an aromatic ring is 1. The maximum absolute atomic E-state index is 9.64. The summed E-state index contributed by atoms with van der Waals surface area (Å²) >= 11 is 5.96. The smallest absolute Gasteiger partial charge is 0.110 e. The lowest BCUT2D eigenvalue weighted by Crippen LogP contribution is -2.42. The number of hydrogen-bond acceptors (Lipinski definition) is 6. The number of halogens is 1. The fourth-order valence-electron chi connectivity index (χ4n) is 1.56. The van der Waals surface area contributed by atoms with Crippen LogP contribution in [0.3, 0.4) is 0 Å². The van der Waals surface area contributed by atoms with Gasteiger partial charge in [-0.25, -0.2) is 0 Å². The molecule has 0 saturated heterocycles. The minimum absolute atomic E-state index is 0.0399. The van der Waals surface area contributed by atoms with Crippen molar-refractivity contribution in [1.29, 1.82) is 0 Å². The summed E-state index contributed by atoms with van der Waals surface area (Å²) in [5.74, 6) is 0. The standard InChI is InChI=1S/C12H19ClN2O4/c1-6-2-8(14)9(3-7(6)13)15-4-10(17)12(19)11(18)5-16/h2-3,10-12,15-19H,4-5,14H2,1H3/t10-,11+,12?/m0/s1. The molecule has 6 nitrogen and oxygen atoms in total. The molecule has 0 spiro atoms. The van der Waals surface area contributed by atoms with Crippen molar-refractivity contribution in [1.82, 2.24) is 0 Å². The Bertz CT molecular complexity index is 430. The molecule has 7 N–H and O–H groups in total. The second kappa shape index (κ2) is 6.93. The first kappa shape index (κ1) is 16.0. The first-order chi connectivity index (χ1) is 8.86. The fourth-order valence-corrected chi connectivity index (χ4v) is 1.72. The number of nitrogens with one attached hydrogen (secondary N) is 1. The second-order valence-corrected chi connectivity index (χ2v) is 4.78. The second-order valence-electron chi connectivity index (χ2n) is 4.38. The number of hydrogen-bond donors (Lipinski definition) is 6. The van der Waals surface area contributed by atoms with Crippen molar-refractivity contribution in [3.63, 3.8) is 0 Å². The Morgan fingerprint density at radius 2 is 1.89 bits per heavy atom. The highest BCUT2D eigenvalue weighted by molar-refractivity contribution is 6.31. The highest BCUT2D eigenvalue weighted by Crippen LogP contribution is 2.26. The summed E-state index contributed by atoms with van der Waals surface area (Å²) in [6, 6.07) is 3.31. The fraction of sp³-hybridized carbons (Fsp3) is 0.500. The van der Waals surface area contributed by atoms with E-state index in [2.05, 4.69) is 5.32 Å². The van der Waals surface area contributed by atoms with E-state index in [1.54, 1.807) is 12.1 Å². The molecule has 0 heterocycles. The largest absolute Gasteiger partial charge is 0.397 e. The van der Waals surface area contributed by atoms with E-state index < -0.39 is 24.9 Å². The molecule has 1 unspecified atom stereocenters. The Balaban J connectivity index is 2.64. The van der Waals surface area contributed by atoms with Crippen LogP contribution in [0.4, 0.5) is 11.4 Å². The number of anilines is 2. The van der Waals surface area contributed by atoms with Gasteiger partial charge in [-0.15, -0.1) is 0 Å². The molecule has 108 valence electrons. The molecule has 1 aromatic rings. The molecule has 0 aromatic heterocycles. The highest BCUT2D eigenvalue weighted by Gasteiger charge is 2.23. The first-order valence-corrected chi connectivity index (χ1v) is 6.19. The van der Waals surface area contributed by atoms with Crippen molar-refractivity contribution < 1.29 is 20.4 Å². The third-order valence-corrected chi connectivity index (χ3v) is 3.22. The molecule has 0 aliphatic heterocycles. The van der Waals surface area contributed by atoms with Crippen molar-refractivity contribution in [2.45, 2.75) is 25.2 Å². The van der Waals surface area contributed by atoms with Gasteiger partial charge in [-0.2, -0.15) is 0 Å². The molecular formula is C12H19ClN2O4. The normalized spacial score (nSPS) is 15.9. The van der Waals surface area contributed by atoms with Gasteiger partial charge in [0.05, 0.1) is 24.1 Å².